The lowest BCUT2D eigenvalue weighted by atomic mass is 9.96. The van der Waals surface area contributed by atoms with Gasteiger partial charge in [-0.2, -0.15) is 0 Å². The van der Waals surface area contributed by atoms with Gasteiger partial charge in [-0.05, 0) is 63.0 Å². The van der Waals surface area contributed by atoms with Gasteiger partial charge in [0.15, 0.2) is 5.96 Å². The summed E-state index contributed by atoms with van der Waals surface area (Å²) in [5.74, 6) is -8.99. The lowest BCUT2D eigenvalue weighted by molar-refractivity contribution is -0.142. The fourth-order valence-corrected chi connectivity index (χ4v) is 9.88. The first-order chi connectivity index (χ1) is 33.7. The highest BCUT2D eigenvalue weighted by Gasteiger charge is 2.41. The highest BCUT2D eigenvalue weighted by atomic mass is 33.1. The van der Waals surface area contributed by atoms with Crippen molar-refractivity contribution in [2.45, 2.75) is 126 Å². The summed E-state index contributed by atoms with van der Waals surface area (Å²) in [5, 5.41) is 18.3. The molecular formula is C44H71N15O10S2. The molecule has 3 rings (SSSR count). The van der Waals surface area contributed by atoms with Crippen LogP contribution >= 0.6 is 21.6 Å². The number of likely N-dealkylation sites (tertiary alicyclic amines) is 1. The number of guanidine groups is 1. The van der Waals surface area contributed by atoms with Gasteiger partial charge >= 0.3 is 0 Å². The van der Waals surface area contributed by atoms with Crippen molar-refractivity contribution in [2.75, 3.05) is 37.7 Å². The number of nitrogens with two attached hydrogens (primary N) is 6. The molecule has 71 heavy (non-hydrogen) atoms. The standard InChI is InChI=1S/C44H71N15O10S2/c1-3-24(2)35-42(68)54-28(14-9-17-51-44(49)50)38(64)56-30(20-33(47)60)39(65)57-31(23-71-70-22-26(46)36(62)55-29(40(66)58-35)19-25-11-5-4-6-12-25)43(69)59-18-10-15-32(59)41(67)53-27(13-7-8-16-45)37(63)52-21-34(48)61/h4-6,11-12,24,26-32,35H,3,7-10,13-23,45-46H2,1-2H3,(H2,47,60)(H2,48,61)(H,52,63)(H,53,67)(H,54,68)(H,55,62)(H,56,64)(H,57,65)(H,58,66)(H4,49,50,51)/t24-,26-,27-,28-,29-,30-,31-,32-,35-/m0/s1. The number of aliphatic imine (C=N–C) groups is 1. The fraction of sp³-hybridized carbons (Fsp3) is 0.614. The van der Waals surface area contributed by atoms with Crippen LogP contribution in [0.5, 0.6) is 0 Å². The van der Waals surface area contributed by atoms with Gasteiger partial charge in [-0.25, -0.2) is 0 Å². The highest BCUT2D eigenvalue weighted by molar-refractivity contribution is 8.76. The van der Waals surface area contributed by atoms with Crippen LogP contribution in [0, 0.1) is 5.92 Å². The van der Waals surface area contributed by atoms with Crippen LogP contribution < -0.4 is 71.6 Å². The normalized spacial score (nSPS) is 23.8. The molecule has 2 aliphatic heterocycles. The van der Waals surface area contributed by atoms with Crippen molar-refractivity contribution in [1.82, 2.24) is 42.1 Å². The number of nitrogens with zero attached hydrogens (tertiary/aromatic N) is 2. The summed E-state index contributed by atoms with van der Waals surface area (Å²) >= 11 is 0. The summed E-state index contributed by atoms with van der Waals surface area (Å²) in [4.78, 5) is 141. The van der Waals surface area contributed by atoms with Crippen molar-refractivity contribution in [3.63, 3.8) is 0 Å². The Balaban J connectivity index is 2.05. The molecule has 10 amide bonds. The van der Waals surface area contributed by atoms with Gasteiger partial charge in [0.25, 0.3) is 0 Å². The molecule has 0 unspecified atom stereocenters. The molecule has 25 nitrogen and oxygen atoms in total. The zero-order valence-electron chi connectivity index (χ0n) is 40.2. The number of primary amides is 2. The van der Waals surface area contributed by atoms with E-state index in [1.807, 2.05) is 0 Å². The minimum absolute atomic E-state index is 0.0232. The maximum Gasteiger partial charge on any atom is 0.246 e. The Bertz CT molecular complexity index is 2050. The third-order valence-corrected chi connectivity index (χ3v) is 14.1. The molecule has 0 aromatic heterocycles. The van der Waals surface area contributed by atoms with E-state index in [9.17, 15) is 47.9 Å². The largest absolute Gasteiger partial charge is 0.370 e. The van der Waals surface area contributed by atoms with E-state index >= 15 is 0 Å². The van der Waals surface area contributed by atoms with E-state index in [0.29, 0.717) is 37.8 Å². The minimum atomic E-state index is -1.69. The molecule has 1 aromatic carbocycles. The molecule has 2 fully saturated rings. The second kappa shape index (κ2) is 30.5. The molecule has 27 heteroatoms. The topological polar surface area (TPSA) is 427 Å². The summed E-state index contributed by atoms with van der Waals surface area (Å²) in [6.07, 6.45) is 1.39. The Kier molecular flexibility index (Phi) is 25.4. The van der Waals surface area contributed by atoms with Crippen molar-refractivity contribution < 1.29 is 47.9 Å². The third-order valence-electron chi connectivity index (χ3n) is 11.7. The van der Waals surface area contributed by atoms with Gasteiger partial charge in [-0.1, -0.05) is 72.2 Å². The number of unbranched alkanes of at least 4 members (excludes halogenated alkanes) is 1. The van der Waals surface area contributed by atoms with Crippen molar-refractivity contribution in [2.24, 2.45) is 45.3 Å². The molecule has 0 radical (unpaired) electrons. The quantitative estimate of drug-likeness (QED) is 0.0254. The lowest BCUT2D eigenvalue weighted by Gasteiger charge is -2.31. The van der Waals surface area contributed by atoms with E-state index in [1.54, 1.807) is 44.2 Å². The number of nitrogens with one attached hydrogen (secondary N) is 7. The molecule has 394 valence electrons. The summed E-state index contributed by atoms with van der Waals surface area (Å²) in [6.45, 7) is 3.46. The smallest absolute Gasteiger partial charge is 0.246 e. The first-order valence-corrected chi connectivity index (χ1v) is 26.0. The number of rotatable bonds is 20. The number of carbonyl (C=O) groups excluding carboxylic acids is 10. The number of hydrogen-bond donors (Lipinski definition) is 13. The van der Waals surface area contributed by atoms with Crippen molar-refractivity contribution in [3.8, 4) is 0 Å². The molecule has 0 spiro atoms. The average Bonchev–Trinajstić information content (AvgIpc) is 3.83. The molecular weight excluding hydrogens is 963 g/mol. The summed E-state index contributed by atoms with van der Waals surface area (Å²) in [7, 11) is 2.12. The number of hydrogen-bond acceptors (Lipinski definition) is 15. The third kappa shape index (κ3) is 20.2. The molecule has 2 heterocycles. The van der Waals surface area contributed by atoms with Crippen molar-refractivity contribution in [1.29, 1.82) is 0 Å². The molecule has 1 aromatic rings. The average molecular weight is 1030 g/mol. The predicted octanol–water partition coefficient (Wildman–Crippen LogP) is -4.44. The van der Waals surface area contributed by atoms with Gasteiger partial charge in [0.05, 0.1) is 19.0 Å². The van der Waals surface area contributed by atoms with Crippen LogP contribution in [0.3, 0.4) is 0 Å². The number of carbonyl (C=O) groups is 10. The van der Waals surface area contributed by atoms with E-state index in [2.05, 4.69) is 42.2 Å². The maximum absolute atomic E-state index is 14.6. The number of benzene rings is 1. The monoisotopic (exact) mass is 1030 g/mol. The number of amides is 10. The summed E-state index contributed by atoms with van der Waals surface area (Å²) in [6, 6.07) is -1.54. The molecule has 0 aliphatic carbocycles. The Morgan fingerprint density at radius 2 is 1.45 bits per heavy atom. The van der Waals surface area contributed by atoms with Gasteiger partial charge in [0.2, 0.25) is 59.1 Å². The van der Waals surface area contributed by atoms with Gasteiger partial charge in [0.1, 0.15) is 42.3 Å². The van der Waals surface area contributed by atoms with Crippen LogP contribution in [0.1, 0.15) is 77.2 Å². The van der Waals surface area contributed by atoms with Crippen LogP contribution in [0.2, 0.25) is 0 Å². The van der Waals surface area contributed by atoms with Crippen LogP contribution in [0.4, 0.5) is 0 Å². The molecule has 0 bridgehead atoms. The Morgan fingerprint density at radius 1 is 0.803 bits per heavy atom. The summed E-state index contributed by atoms with van der Waals surface area (Å²) < 4.78 is 0. The van der Waals surface area contributed by atoms with Crippen LogP contribution in [0.25, 0.3) is 0 Å². The molecule has 2 aliphatic rings. The van der Waals surface area contributed by atoms with E-state index in [1.165, 1.54) is 4.90 Å². The molecule has 19 N–H and O–H groups in total. The Morgan fingerprint density at radius 3 is 2.10 bits per heavy atom. The second-order valence-corrected chi connectivity index (χ2v) is 19.9. The van der Waals surface area contributed by atoms with E-state index in [4.69, 9.17) is 34.4 Å². The zero-order valence-corrected chi connectivity index (χ0v) is 41.8. The van der Waals surface area contributed by atoms with Crippen LogP contribution in [-0.2, 0) is 54.4 Å². The maximum atomic E-state index is 14.6. The van der Waals surface area contributed by atoms with Crippen molar-refractivity contribution in [3.05, 3.63) is 35.9 Å². The Hall–Kier alpha value is -6.19. The minimum Gasteiger partial charge on any atom is -0.370 e. The zero-order chi connectivity index (χ0) is 52.6. The molecule has 2 saturated heterocycles. The second-order valence-electron chi connectivity index (χ2n) is 17.3. The van der Waals surface area contributed by atoms with E-state index in [0.717, 1.165) is 21.6 Å². The van der Waals surface area contributed by atoms with Crippen LogP contribution in [-0.4, -0.2) is 156 Å². The van der Waals surface area contributed by atoms with Gasteiger partial charge in [-0.15, -0.1) is 0 Å². The highest BCUT2D eigenvalue weighted by Crippen LogP contribution is 2.26. The van der Waals surface area contributed by atoms with E-state index < -0.39 is 126 Å². The lowest BCUT2D eigenvalue weighted by Crippen LogP contribution is -2.61. The molecule has 0 saturated carbocycles. The predicted molar refractivity (Wildman–Crippen MR) is 268 cm³/mol. The molecule has 9 atom stereocenters. The van der Waals surface area contributed by atoms with Gasteiger partial charge in [-0.3, -0.25) is 52.9 Å². The fourth-order valence-electron chi connectivity index (χ4n) is 7.60. The SMILES string of the molecule is CC[C@H](C)[C@@H]1NC(=O)[C@H](Cc2ccccc2)NC(=O)[C@@H](N)CSSC[C@@H](C(=O)N2CCC[C@H]2C(=O)N[C@@H](CCCCN)C(=O)NCC(N)=O)NC(=O)[C@H](CC(N)=O)NC(=O)[C@H](CCCN=C(N)N)NC1=O. The van der Waals surface area contributed by atoms with Crippen molar-refractivity contribution >= 4 is 86.6 Å². The first kappa shape index (κ1) is 59.1. The first-order valence-electron chi connectivity index (χ1n) is 23.5. The van der Waals surface area contributed by atoms with Crippen LogP contribution in [0.15, 0.2) is 35.3 Å². The Labute approximate surface area is 420 Å². The van der Waals surface area contributed by atoms with Gasteiger partial charge in [0, 0.05) is 31.0 Å². The van der Waals surface area contributed by atoms with E-state index in [-0.39, 0.29) is 62.7 Å². The summed E-state index contributed by atoms with van der Waals surface area (Å²) in [5.41, 5.74) is 34.5. The van der Waals surface area contributed by atoms with Gasteiger partial charge < -0.3 is 76.5 Å².